The first-order valence-electron chi connectivity index (χ1n) is 5.76. The van der Waals surface area contributed by atoms with Gasteiger partial charge in [0.25, 0.3) is 0 Å². The predicted octanol–water partition coefficient (Wildman–Crippen LogP) is -2.49. The molecule has 0 aliphatic carbocycles. The van der Waals surface area contributed by atoms with Crippen LogP contribution in [-0.2, 0) is 4.74 Å². The van der Waals surface area contributed by atoms with E-state index < -0.39 is 31.0 Å². The summed E-state index contributed by atoms with van der Waals surface area (Å²) < 4.78 is 5.35. The molecule has 102 valence electrons. The van der Waals surface area contributed by atoms with Gasteiger partial charge in [0, 0.05) is 0 Å². The van der Waals surface area contributed by atoms with Gasteiger partial charge >= 0.3 is 5.65 Å². The number of nitrogens with zero attached hydrogens (tertiary/aromatic N) is 2. The first-order valence-corrected chi connectivity index (χ1v) is 5.76. The van der Waals surface area contributed by atoms with Crippen LogP contribution in [0.3, 0.4) is 0 Å². The summed E-state index contributed by atoms with van der Waals surface area (Å²) in [6.07, 6.45) is -2.65. The summed E-state index contributed by atoms with van der Waals surface area (Å²) in [6, 6.07) is 0. The van der Waals surface area contributed by atoms with Crippen molar-refractivity contribution in [3.63, 3.8) is 0 Å². The van der Waals surface area contributed by atoms with Crippen LogP contribution < -0.4 is 10.7 Å². The van der Waals surface area contributed by atoms with Crippen molar-refractivity contribution in [2.24, 2.45) is 0 Å². The Morgan fingerprint density at radius 3 is 2.84 bits per heavy atom. The number of imidazole rings is 1. The van der Waals surface area contributed by atoms with Crippen molar-refractivity contribution in [3.05, 3.63) is 12.2 Å². The first kappa shape index (κ1) is 12.2. The number of aromatic amines is 2. The number of fused-ring (bicyclic) bond motifs is 1. The predicted molar refractivity (Wildman–Crippen MR) is 61.6 cm³/mol. The zero-order valence-electron chi connectivity index (χ0n) is 9.82. The molecule has 9 nitrogen and oxygen atoms in total. The van der Waals surface area contributed by atoms with Gasteiger partial charge < -0.3 is 25.8 Å². The largest absolute Gasteiger partial charge is 0.394 e. The van der Waals surface area contributed by atoms with E-state index in [9.17, 15) is 10.2 Å². The van der Waals surface area contributed by atoms with Crippen LogP contribution >= 0.6 is 0 Å². The van der Waals surface area contributed by atoms with Gasteiger partial charge in [0.1, 0.15) is 18.3 Å². The highest BCUT2D eigenvalue weighted by atomic mass is 16.6. The number of H-pyrrole nitrogens is 2. The second kappa shape index (κ2) is 4.38. The van der Waals surface area contributed by atoms with Gasteiger partial charge in [0.15, 0.2) is 18.2 Å². The molecule has 1 fully saturated rings. The number of hydrogen-bond donors (Lipinski definition) is 5. The van der Waals surface area contributed by atoms with Crippen LogP contribution in [0.4, 0.5) is 5.82 Å². The highest BCUT2D eigenvalue weighted by molar-refractivity contribution is 5.78. The third-order valence-electron chi connectivity index (χ3n) is 3.18. The Hall–Kier alpha value is -1.81. The van der Waals surface area contributed by atoms with Crippen molar-refractivity contribution in [1.82, 2.24) is 15.0 Å². The first-order chi connectivity index (χ1) is 9.11. The van der Waals surface area contributed by atoms with Gasteiger partial charge in [-0.25, -0.2) is 4.98 Å². The van der Waals surface area contributed by atoms with E-state index >= 15 is 0 Å². The maximum Gasteiger partial charge on any atom is 0.305 e. The van der Waals surface area contributed by atoms with Crippen molar-refractivity contribution in [1.29, 1.82) is 0 Å². The molecule has 0 radical (unpaired) electrons. The number of ether oxygens (including phenoxy) is 1. The van der Waals surface area contributed by atoms with E-state index in [1.54, 1.807) is 6.33 Å². The molecule has 1 unspecified atom stereocenters. The van der Waals surface area contributed by atoms with E-state index in [4.69, 9.17) is 15.6 Å². The molecule has 3 rings (SSSR count). The zero-order valence-corrected chi connectivity index (χ0v) is 9.82. The molecule has 3 heterocycles. The molecule has 2 aromatic rings. The summed E-state index contributed by atoms with van der Waals surface area (Å²) in [5.41, 5.74) is 6.79. The van der Waals surface area contributed by atoms with Crippen LogP contribution in [0.1, 0.15) is 11.9 Å². The Labute approximate surface area is 107 Å². The molecule has 2 aromatic heterocycles. The lowest BCUT2D eigenvalue weighted by Gasteiger charge is -2.11. The summed E-state index contributed by atoms with van der Waals surface area (Å²) >= 11 is 0. The van der Waals surface area contributed by atoms with Crippen molar-refractivity contribution in [2.45, 2.75) is 24.4 Å². The highest BCUT2D eigenvalue weighted by Gasteiger charge is 2.46. The lowest BCUT2D eigenvalue weighted by atomic mass is 10.1. The van der Waals surface area contributed by atoms with Crippen LogP contribution in [0, 0.1) is 0 Å². The molecule has 1 aliphatic heterocycles. The maximum atomic E-state index is 9.90. The normalized spacial score (nSPS) is 31.1. The molecule has 9 heteroatoms. The molecule has 1 aliphatic rings. The molecule has 0 aromatic carbocycles. The Balaban J connectivity index is 2.00. The van der Waals surface area contributed by atoms with Crippen LogP contribution in [-0.4, -0.2) is 55.2 Å². The zero-order chi connectivity index (χ0) is 13.6. The third-order valence-corrected chi connectivity index (χ3v) is 3.18. The fraction of sp³-hybridized carbons (Fsp3) is 0.500. The van der Waals surface area contributed by atoms with Crippen LogP contribution in [0.15, 0.2) is 6.33 Å². The van der Waals surface area contributed by atoms with Gasteiger partial charge in [0.05, 0.1) is 6.61 Å². The number of anilines is 1. The summed E-state index contributed by atoms with van der Waals surface area (Å²) in [7, 11) is 0. The van der Waals surface area contributed by atoms with Gasteiger partial charge in [-0.15, -0.1) is 0 Å². The SMILES string of the molecule is Nc1nc(C2O[C@H](CO)[C@H](O)[C@H]2O)nc2[nH+]c[nH]c12. The molecule has 1 saturated heterocycles. The minimum atomic E-state index is -1.21. The molecule has 19 heavy (non-hydrogen) atoms. The highest BCUT2D eigenvalue weighted by Crippen LogP contribution is 2.32. The van der Waals surface area contributed by atoms with Crippen LogP contribution in [0.5, 0.6) is 0 Å². The smallest absolute Gasteiger partial charge is 0.305 e. The van der Waals surface area contributed by atoms with E-state index in [2.05, 4.69) is 19.9 Å². The van der Waals surface area contributed by atoms with Gasteiger partial charge in [-0.1, -0.05) is 4.98 Å². The Morgan fingerprint density at radius 1 is 1.37 bits per heavy atom. The lowest BCUT2D eigenvalue weighted by Crippen LogP contribution is -2.32. The fourth-order valence-electron chi connectivity index (χ4n) is 2.16. The van der Waals surface area contributed by atoms with E-state index in [-0.39, 0.29) is 11.6 Å². The van der Waals surface area contributed by atoms with E-state index in [1.807, 2.05) is 0 Å². The number of aliphatic hydroxyl groups excluding tert-OH is 3. The second-order valence-electron chi connectivity index (χ2n) is 4.38. The number of nitrogen functional groups attached to an aromatic ring is 1. The number of aromatic nitrogens is 4. The quantitative estimate of drug-likeness (QED) is 0.404. The Bertz CT molecular complexity index is 603. The molecule has 0 saturated carbocycles. The van der Waals surface area contributed by atoms with Crippen LogP contribution in [0.25, 0.3) is 11.2 Å². The van der Waals surface area contributed by atoms with Crippen molar-refractivity contribution in [2.75, 3.05) is 12.3 Å². The minimum absolute atomic E-state index is 0.156. The lowest BCUT2D eigenvalue weighted by molar-refractivity contribution is -0.347. The number of hydrogen-bond acceptors (Lipinski definition) is 7. The average molecular weight is 268 g/mol. The number of nitrogens with two attached hydrogens (primary N) is 1. The molecular weight excluding hydrogens is 254 g/mol. The molecule has 0 spiro atoms. The van der Waals surface area contributed by atoms with Gasteiger partial charge in [-0.2, -0.15) is 4.98 Å². The van der Waals surface area contributed by atoms with Gasteiger partial charge in [-0.05, 0) is 0 Å². The van der Waals surface area contributed by atoms with E-state index in [0.717, 1.165) is 0 Å². The summed E-state index contributed by atoms with van der Waals surface area (Å²) in [5.74, 6) is 0.363. The van der Waals surface area contributed by atoms with E-state index in [1.165, 1.54) is 0 Å². The van der Waals surface area contributed by atoms with E-state index in [0.29, 0.717) is 11.2 Å². The monoisotopic (exact) mass is 268 g/mol. The van der Waals surface area contributed by atoms with Gasteiger partial charge in [0.2, 0.25) is 11.3 Å². The fourth-order valence-corrected chi connectivity index (χ4v) is 2.16. The Morgan fingerprint density at radius 2 is 2.16 bits per heavy atom. The minimum Gasteiger partial charge on any atom is -0.394 e. The second-order valence-corrected chi connectivity index (χ2v) is 4.38. The standard InChI is InChI=1S/C10H13N5O4/c11-8-4-9(13-2-12-4)15-10(14-8)7-6(18)5(17)3(1-16)19-7/h2-3,5-7,16-18H,1H2,(H3,11,12,13,14,15)/p+1/t3-,5+,6-,7?/m1/s1. The van der Waals surface area contributed by atoms with Crippen LogP contribution in [0.2, 0.25) is 0 Å². The van der Waals surface area contributed by atoms with Crippen molar-refractivity contribution >= 4 is 17.0 Å². The van der Waals surface area contributed by atoms with Crippen molar-refractivity contribution < 1.29 is 25.0 Å². The topological polar surface area (TPSA) is 152 Å². The molecule has 0 amide bonds. The number of nitrogens with one attached hydrogen (secondary N) is 2. The molecule has 4 atom stereocenters. The summed E-state index contributed by atoms with van der Waals surface area (Å²) in [4.78, 5) is 13.9. The number of aliphatic hydroxyl groups is 3. The summed E-state index contributed by atoms with van der Waals surface area (Å²) in [5, 5.41) is 28.6. The van der Waals surface area contributed by atoms with Crippen molar-refractivity contribution in [3.8, 4) is 0 Å². The average Bonchev–Trinajstić information content (AvgIpc) is 2.96. The molecule has 0 bridgehead atoms. The molecule has 7 N–H and O–H groups in total. The Kier molecular flexibility index (Phi) is 2.82. The maximum absolute atomic E-state index is 9.90. The third kappa shape index (κ3) is 1.83. The molecular formula is C10H14N5O4+. The number of rotatable bonds is 2. The summed E-state index contributed by atoms with van der Waals surface area (Å²) in [6.45, 7) is -0.400. The van der Waals surface area contributed by atoms with Gasteiger partial charge in [-0.3, -0.25) is 4.98 Å².